The molecule has 5 N–H and O–H groups in total. The molecule has 0 unspecified atom stereocenters. The first-order chi connectivity index (χ1) is 13.5. The minimum Gasteiger partial charge on any atom is -0.394 e. The highest BCUT2D eigenvalue weighted by Crippen LogP contribution is 2.34. The van der Waals surface area contributed by atoms with Crippen LogP contribution in [0.25, 0.3) is 11.2 Å². The molecule has 9 nitrogen and oxygen atoms in total. The van der Waals surface area contributed by atoms with Gasteiger partial charge in [-0.2, -0.15) is 4.98 Å². The van der Waals surface area contributed by atoms with E-state index in [0.29, 0.717) is 27.0 Å². The Kier molecular flexibility index (Phi) is 5.41. The van der Waals surface area contributed by atoms with Crippen molar-refractivity contribution in [2.45, 2.75) is 35.3 Å². The molecule has 1 aliphatic heterocycles. The number of aromatic nitrogens is 4. The van der Waals surface area contributed by atoms with Crippen molar-refractivity contribution in [1.29, 1.82) is 0 Å². The number of nitrogens with zero attached hydrogens (tertiary/aromatic N) is 4. The number of halogens is 1. The Morgan fingerprint density at radius 2 is 1.93 bits per heavy atom. The van der Waals surface area contributed by atoms with Crippen molar-refractivity contribution in [3.8, 4) is 0 Å². The number of thioether (sulfide) groups is 1. The normalized spacial score (nSPS) is 24.9. The third kappa shape index (κ3) is 3.54. The fraction of sp³-hybridized carbons (Fsp3) is 0.353. The summed E-state index contributed by atoms with van der Waals surface area (Å²) in [6, 6.07) is 7.49. The lowest BCUT2D eigenvalue weighted by Gasteiger charge is -2.16. The van der Waals surface area contributed by atoms with E-state index < -0.39 is 31.1 Å². The van der Waals surface area contributed by atoms with Crippen LogP contribution in [0.3, 0.4) is 0 Å². The standard InChI is InChI=1S/C17H18ClN5O4S/c18-9-3-1-8(2-4-9)6-28-15-11-14(21-17(19)22-15)23(7-20-11)16-13(26)12(25)10(5-24)27-16/h1-4,7,10,12-13,16,24-26H,5-6H2,(H2,19,21,22)/t10-,12-,13-,16-/m1/s1. The lowest BCUT2D eigenvalue weighted by molar-refractivity contribution is -0.0511. The molecule has 3 aromatic rings. The van der Waals surface area contributed by atoms with Gasteiger partial charge in [0, 0.05) is 10.8 Å². The van der Waals surface area contributed by atoms with Crippen LogP contribution in [-0.2, 0) is 10.5 Å². The van der Waals surface area contributed by atoms with Gasteiger partial charge in [-0.05, 0) is 17.7 Å². The Morgan fingerprint density at radius 1 is 1.18 bits per heavy atom. The highest BCUT2D eigenvalue weighted by atomic mass is 35.5. The third-order valence-electron chi connectivity index (χ3n) is 4.49. The van der Waals surface area contributed by atoms with Crippen molar-refractivity contribution < 1.29 is 20.1 Å². The summed E-state index contributed by atoms with van der Waals surface area (Å²) < 4.78 is 7.05. The molecule has 3 heterocycles. The number of fused-ring (bicyclic) bond motifs is 1. The van der Waals surface area contributed by atoms with Crippen LogP contribution in [-0.4, -0.2) is 59.8 Å². The van der Waals surface area contributed by atoms with Gasteiger partial charge in [0.25, 0.3) is 0 Å². The molecule has 0 spiro atoms. The van der Waals surface area contributed by atoms with Crippen molar-refractivity contribution in [1.82, 2.24) is 19.5 Å². The maximum absolute atomic E-state index is 10.3. The Morgan fingerprint density at radius 3 is 2.61 bits per heavy atom. The highest BCUT2D eigenvalue weighted by Gasteiger charge is 2.44. The molecule has 148 valence electrons. The average Bonchev–Trinajstić information content (AvgIpc) is 3.22. The van der Waals surface area contributed by atoms with E-state index in [4.69, 9.17) is 22.1 Å². The van der Waals surface area contributed by atoms with Gasteiger partial charge in [-0.15, -0.1) is 0 Å². The number of benzene rings is 1. The summed E-state index contributed by atoms with van der Waals surface area (Å²) in [5, 5.41) is 30.8. The molecule has 0 aliphatic carbocycles. The zero-order valence-corrected chi connectivity index (χ0v) is 16.1. The van der Waals surface area contributed by atoms with Crippen molar-refractivity contribution in [2.75, 3.05) is 12.3 Å². The van der Waals surface area contributed by atoms with Crippen LogP contribution in [0.5, 0.6) is 0 Å². The zero-order valence-electron chi connectivity index (χ0n) is 14.5. The van der Waals surface area contributed by atoms with Crippen LogP contribution in [0, 0.1) is 0 Å². The van der Waals surface area contributed by atoms with Crippen molar-refractivity contribution >= 4 is 40.5 Å². The van der Waals surface area contributed by atoms with Crippen LogP contribution < -0.4 is 5.73 Å². The van der Waals surface area contributed by atoms with Crippen LogP contribution >= 0.6 is 23.4 Å². The molecule has 0 radical (unpaired) electrons. The third-order valence-corrected chi connectivity index (χ3v) is 5.77. The summed E-state index contributed by atoms with van der Waals surface area (Å²) in [6.07, 6.45) is -2.84. The number of anilines is 1. The first-order valence-electron chi connectivity index (χ1n) is 8.47. The van der Waals surface area contributed by atoms with E-state index in [0.717, 1.165) is 5.56 Å². The first-order valence-corrected chi connectivity index (χ1v) is 9.84. The van der Waals surface area contributed by atoms with Crippen molar-refractivity contribution in [3.05, 3.63) is 41.2 Å². The summed E-state index contributed by atoms with van der Waals surface area (Å²) in [4.78, 5) is 12.8. The molecular formula is C17H18ClN5O4S. The van der Waals surface area contributed by atoms with Crippen molar-refractivity contribution in [3.63, 3.8) is 0 Å². The van der Waals surface area contributed by atoms with Gasteiger partial charge in [0.1, 0.15) is 28.9 Å². The SMILES string of the molecule is Nc1nc(SCc2ccc(Cl)cc2)c2ncn([C@@H]3O[C@H](CO)[C@@H](O)[C@H]3O)c2n1. The minimum atomic E-state index is -1.24. The van der Waals surface area contributed by atoms with Gasteiger partial charge in [-0.1, -0.05) is 35.5 Å². The highest BCUT2D eigenvalue weighted by molar-refractivity contribution is 7.98. The smallest absolute Gasteiger partial charge is 0.223 e. The predicted molar refractivity (Wildman–Crippen MR) is 104 cm³/mol. The van der Waals surface area contributed by atoms with E-state index in [2.05, 4.69) is 15.0 Å². The van der Waals surface area contributed by atoms with Crippen LogP contribution in [0.2, 0.25) is 5.02 Å². The second-order valence-electron chi connectivity index (χ2n) is 6.36. The van der Waals surface area contributed by atoms with Gasteiger partial charge in [0.05, 0.1) is 12.9 Å². The molecule has 0 amide bonds. The molecule has 1 fully saturated rings. The summed E-state index contributed by atoms with van der Waals surface area (Å²) in [5.74, 6) is 0.684. The van der Waals surface area contributed by atoms with Crippen LogP contribution in [0.1, 0.15) is 11.8 Å². The molecule has 2 aromatic heterocycles. The maximum atomic E-state index is 10.3. The molecule has 4 atom stereocenters. The van der Waals surface area contributed by atoms with Crippen LogP contribution in [0.15, 0.2) is 35.6 Å². The molecule has 1 aliphatic rings. The number of ether oxygens (including phenoxy) is 1. The van der Waals surface area contributed by atoms with Gasteiger partial charge in [-0.25, -0.2) is 9.97 Å². The summed E-state index contributed by atoms with van der Waals surface area (Å²) >= 11 is 7.36. The molecule has 0 bridgehead atoms. The summed E-state index contributed by atoms with van der Waals surface area (Å²) in [6.45, 7) is -0.416. The molecule has 11 heteroatoms. The average molecular weight is 424 g/mol. The Balaban J connectivity index is 1.64. The minimum absolute atomic E-state index is 0.0552. The van der Waals surface area contributed by atoms with E-state index in [1.54, 1.807) is 0 Å². The maximum Gasteiger partial charge on any atom is 0.223 e. The number of aliphatic hydroxyl groups excluding tert-OH is 3. The van der Waals surface area contributed by atoms with Gasteiger partial charge >= 0.3 is 0 Å². The summed E-state index contributed by atoms with van der Waals surface area (Å²) in [5.41, 5.74) is 7.81. The number of hydrogen-bond donors (Lipinski definition) is 4. The quantitative estimate of drug-likeness (QED) is 0.349. The number of aliphatic hydroxyl groups is 3. The summed E-state index contributed by atoms with van der Waals surface area (Å²) in [7, 11) is 0. The number of rotatable bonds is 5. The topological polar surface area (TPSA) is 140 Å². The van der Waals surface area contributed by atoms with Crippen molar-refractivity contribution in [2.24, 2.45) is 0 Å². The number of nitrogens with two attached hydrogens (primary N) is 1. The molecule has 1 aromatic carbocycles. The predicted octanol–water partition coefficient (Wildman–Crippen LogP) is 0.966. The van der Waals surface area contributed by atoms with E-state index in [9.17, 15) is 15.3 Å². The number of imidazole rings is 1. The van der Waals surface area contributed by atoms with Gasteiger partial charge < -0.3 is 25.8 Å². The zero-order chi connectivity index (χ0) is 19.8. The van der Waals surface area contributed by atoms with E-state index in [1.165, 1.54) is 22.7 Å². The Bertz CT molecular complexity index is 986. The lowest BCUT2D eigenvalue weighted by atomic mass is 10.1. The molecule has 28 heavy (non-hydrogen) atoms. The molecule has 0 saturated carbocycles. The van der Waals surface area contributed by atoms with E-state index >= 15 is 0 Å². The fourth-order valence-electron chi connectivity index (χ4n) is 3.04. The monoisotopic (exact) mass is 423 g/mol. The second kappa shape index (κ2) is 7.82. The van der Waals surface area contributed by atoms with Gasteiger partial charge in [0.15, 0.2) is 11.9 Å². The molecular weight excluding hydrogens is 406 g/mol. The molecule has 4 rings (SSSR count). The first kappa shape index (κ1) is 19.4. The van der Waals surface area contributed by atoms with Gasteiger partial charge in [-0.3, -0.25) is 4.57 Å². The second-order valence-corrected chi connectivity index (χ2v) is 7.76. The largest absolute Gasteiger partial charge is 0.394 e. The number of nitrogen functional groups attached to an aromatic ring is 1. The number of hydrogen-bond acceptors (Lipinski definition) is 9. The Labute approximate surface area is 169 Å². The fourth-order valence-corrected chi connectivity index (χ4v) is 4.10. The van der Waals surface area contributed by atoms with Crippen LogP contribution in [0.4, 0.5) is 5.95 Å². The molecule has 1 saturated heterocycles. The van der Waals surface area contributed by atoms with Gasteiger partial charge in [0.2, 0.25) is 5.95 Å². The van der Waals surface area contributed by atoms with E-state index in [-0.39, 0.29) is 5.95 Å². The Hall–Kier alpha value is -1.95. The lowest BCUT2D eigenvalue weighted by Crippen LogP contribution is -2.33. The van der Waals surface area contributed by atoms with E-state index in [1.807, 2.05) is 24.3 Å².